The number of carbonyl (C=O) groups excluding carboxylic acids is 2. The van der Waals surface area contributed by atoms with Gasteiger partial charge in [-0.25, -0.2) is 4.98 Å². The number of hydrogen-bond donors (Lipinski definition) is 1. The first-order valence-corrected chi connectivity index (χ1v) is 9.45. The second kappa shape index (κ2) is 7.83. The van der Waals surface area contributed by atoms with Gasteiger partial charge in [-0.05, 0) is 36.2 Å². The van der Waals surface area contributed by atoms with E-state index in [1.54, 1.807) is 67.9 Å². The topological polar surface area (TPSA) is 79.7 Å². The molecule has 1 unspecified atom stereocenters. The molecule has 1 atom stereocenters. The maximum Gasteiger partial charge on any atom is 0.301 e. The smallest absolute Gasteiger partial charge is 0.301 e. The normalized spacial score (nSPS) is 17.9. The second-order valence-corrected chi connectivity index (χ2v) is 6.95. The molecule has 0 bridgehead atoms. The number of rotatable bonds is 4. The van der Waals surface area contributed by atoms with Gasteiger partial charge in [-0.3, -0.25) is 14.5 Å². The fourth-order valence-electron chi connectivity index (χ4n) is 3.63. The summed E-state index contributed by atoms with van der Waals surface area (Å²) in [5, 5.41) is 11.0. The Morgan fingerprint density at radius 1 is 1.00 bits per heavy atom. The summed E-state index contributed by atoms with van der Waals surface area (Å²) in [6.07, 6.45) is 1.57. The van der Waals surface area contributed by atoms with Gasteiger partial charge in [-0.2, -0.15) is 0 Å². The number of carbonyl (C=O) groups is 2. The molecule has 2 aromatic carbocycles. The second-order valence-electron chi connectivity index (χ2n) is 6.95. The van der Waals surface area contributed by atoms with Crippen LogP contribution in [-0.2, 0) is 9.59 Å². The van der Waals surface area contributed by atoms with E-state index in [1.807, 2.05) is 19.1 Å². The summed E-state index contributed by atoms with van der Waals surface area (Å²) >= 11 is 0. The number of hydrogen-bond acceptors (Lipinski definition) is 5. The summed E-state index contributed by atoms with van der Waals surface area (Å²) in [5.41, 5.74) is 1.91. The lowest BCUT2D eigenvalue weighted by atomic mass is 9.95. The molecule has 6 nitrogen and oxygen atoms in total. The van der Waals surface area contributed by atoms with E-state index in [0.717, 1.165) is 5.56 Å². The number of aliphatic hydroxyl groups excluding tert-OH is 1. The number of nitrogens with zero attached hydrogens (tertiary/aromatic N) is 2. The Labute approximate surface area is 174 Å². The molecule has 1 fully saturated rings. The monoisotopic (exact) mass is 400 g/mol. The minimum atomic E-state index is -0.815. The van der Waals surface area contributed by atoms with Crippen molar-refractivity contribution in [3.63, 3.8) is 0 Å². The molecule has 1 aliphatic heterocycles. The first-order chi connectivity index (χ1) is 14.5. The Hall–Kier alpha value is -3.93. The third-order valence-electron chi connectivity index (χ3n) is 5.13. The summed E-state index contributed by atoms with van der Waals surface area (Å²) in [6, 6.07) is 18.6. The number of Topliss-reactive ketones (excluding diaryl/α,β-unsaturated/α-hetero) is 1. The Morgan fingerprint density at radius 2 is 1.70 bits per heavy atom. The highest BCUT2D eigenvalue weighted by Crippen LogP contribution is 2.42. The van der Waals surface area contributed by atoms with Crippen LogP contribution in [0.3, 0.4) is 0 Å². The van der Waals surface area contributed by atoms with E-state index in [4.69, 9.17) is 4.74 Å². The van der Waals surface area contributed by atoms with E-state index in [1.165, 1.54) is 4.90 Å². The quantitative estimate of drug-likeness (QED) is 0.406. The predicted molar refractivity (Wildman–Crippen MR) is 113 cm³/mol. The third-order valence-corrected chi connectivity index (χ3v) is 5.13. The van der Waals surface area contributed by atoms with E-state index in [-0.39, 0.29) is 11.3 Å². The van der Waals surface area contributed by atoms with Crippen molar-refractivity contribution in [2.75, 3.05) is 12.0 Å². The Morgan fingerprint density at radius 3 is 2.33 bits per heavy atom. The number of aryl methyl sites for hydroxylation is 1. The summed E-state index contributed by atoms with van der Waals surface area (Å²) in [6.45, 7) is 1.82. The molecule has 1 aromatic heterocycles. The van der Waals surface area contributed by atoms with Crippen LogP contribution in [0, 0.1) is 6.92 Å². The van der Waals surface area contributed by atoms with Crippen molar-refractivity contribution >= 4 is 23.3 Å². The van der Waals surface area contributed by atoms with Crippen molar-refractivity contribution in [1.29, 1.82) is 0 Å². The fourth-order valence-corrected chi connectivity index (χ4v) is 3.63. The molecule has 3 aromatic rings. The predicted octanol–water partition coefficient (Wildman–Crippen LogP) is 4.02. The lowest BCUT2D eigenvalue weighted by Crippen LogP contribution is -2.30. The lowest BCUT2D eigenvalue weighted by molar-refractivity contribution is -0.132. The molecule has 2 heterocycles. The van der Waals surface area contributed by atoms with Crippen molar-refractivity contribution in [3.05, 3.63) is 95.2 Å². The molecule has 6 heteroatoms. The number of benzene rings is 2. The van der Waals surface area contributed by atoms with Gasteiger partial charge < -0.3 is 9.84 Å². The Kier molecular flexibility index (Phi) is 5.06. The standard InChI is InChI=1S/C24H20N2O4/c1-15-7-6-14-25-23(15)26-20(16-10-12-18(30-2)13-11-16)19(22(28)24(26)29)21(27)17-8-4-3-5-9-17/h3-14,20,27H,1-2H3/b21-19+. The zero-order valence-corrected chi connectivity index (χ0v) is 16.6. The molecule has 150 valence electrons. The van der Waals surface area contributed by atoms with Crippen LogP contribution in [0.15, 0.2) is 78.5 Å². The van der Waals surface area contributed by atoms with Crippen molar-refractivity contribution in [3.8, 4) is 5.75 Å². The zero-order valence-electron chi connectivity index (χ0n) is 16.6. The largest absolute Gasteiger partial charge is 0.507 e. The highest BCUT2D eigenvalue weighted by molar-refractivity contribution is 6.51. The number of ketones is 1. The molecule has 0 aliphatic carbocycles. The molecule has 1 N–H and O–H groups in total. The van der Waals surface area contributed by atoms with E-state index in [9.17, 15) is 14.7 Å². The van der Waals surface area contributed by atoms with Crippen molar-refractivity contribution < 1.29 is 19.4 Å². The van der Waals surface area contributed by atoms with Gasteiger partial charge in [0.2, 0.25) is 0 Å². The summed E-state index contributed by atoms with van der Waals surface area (Å²) in [7, 11) is 1.56. The number of methoxy groups -OCH3 is 1. The van der Waals surface area contributed by atoms with Gasteiger partial charge in [0, 0.05) is 11.8 Å². The number of amides is 1. The molecule has 0 saturated carbocycles. The van der Waals surface area contributed by atoms with Crippen LogP contribution >= 0.6 is 0 Å². The molecular formula is C24H20N2O4. The lowest BCUT2D eigenvalue weighted by Gasteiger charge is -2.25. The van der Waals surface area contributed by atoms with Gasteiger partial charge in [-0.15, -0.1) is 0 Å². The molecule has 1 saturated heterocycles. The van der Waals surface area contributed by atoms with Gasteiger partial charge in [0.05, 0.1) is 18.7 Å². The van der Waals surface area contributed by atoms with Crippen LogP contribution < -0.4 is 9.64 Å². The van der Waals surface area contributed by atoms with Crippen molar-refractivity contribution in [1.82, 2.24) is 4.98 Å². The molecule has 4 rings (SSSR count). The maximum atomic E-state index is 13.1. The molecule has 0 spiro atoms. The van der Waals surface area contributed by atoms with Gasteiger partial charge >= 0.3 is 5.91 Å². The van der Waals surface area contributed by atoms with E-state index in [2.05, 4.69) is 4.98 Å². The SMILES string of the molecule is COc1ccc(C2/C(=C(\O)c3ccccc3)C(=O)C(=O)N2c2ncccc2C)cc1. The average molecular weight is 400 g/mol. The molecule has 1 amide bonds. The summed E-state index contributed by atoms with van der Waals surface area (Å²) in [5.74, 6) is -0.663. The maximum absolute atomic E-state index is 13.1. The van der Waals surface area contributed by atoms with E-state index >= 15 is 0 Å². The van der Waals surface area contributed by atoms with Crippen LogP contribution in [0.25, 0.3) is 5.76 Å². The Balaban J connectivity index is 1.95. The number of aliphatic hydroxyl groups is 1. The van der Waals surface area contributed by atoms with Gasteiger partial charge in [0.25, 0.3) is 5.78 Å². The van der Waals surface area contributed by atoms with Gasteiger partial charge in [0.1, 0.15) is 17.3 Å². The zero-order chi connectivity index (χ0) is 21.3. The average Bonchev–Trinajstić information content (AvgIpc) is 3.05. The number of pyridine rings is 1. The molecular weight excluding hydrogens is 380 g/mol. The minimum Gasteiger partial charge on any atom is -0.507 e. The molecule has 1 aliphatic rings. The van der Waals surface area contributed by atoms with Gasteiger partial charge in [-0.1, -0.05) is 48.5 Å². The van der Waals surface area contributed by atoms with E-state index in [0.29, 0.717) is 22.7 Å². The van der Waals surface area contributed by atoms with Crippen LogP contribution in [0.5, 0.6) is 5.75 Å². The minimum absolute atomic E-state index is 0.0291. The number of ether oxygens (including phenoxy) is 1. The number of anilines is 1. The van der Waals surface area contributed by atoms with Crippen LogP contribution in [0.2, 0.25) is 0 Å². The van der Waals surface area contributed by atoms with Crippen LogP contribution in [0.1, 0.15) is 22.7 Å². The number of aromatic nitrogens is 1. The fraction of sp³-hybridized carbons (Fsp3) is 0.125. The summed E-state index contributed by atoms with van der Waals surface area (Å²) in [4.78, 5) is 31.8. The first-order valence-electron chi connectivity index (χ1n) is 9.45. The van der Waals surface area contributed by atoms with E-state index < -0.39 is 17.7 Å². The third kappa shape index (κ3) is 3.22. The van der Waals surface area contributed by atoms with Crippen molar-refractivity contribution in [2.45, 2.75) is 13.0 Å². The highest BCUT2D eigenvalue weighted by atomic mass is 16.5. The highest BCUT2D eigenvalue weighted by Gasteiger charge is 2.47. The molecule has 30 heavy (non-hydrogen) atoms. The van der Waals surface area contributed by atoms with Gasteiger partial charge in [0.15, 0.2) is 0 Å². The van der Waals surface area contributed by atoms with Crippen molar-refractivity contribution in [2.24, 2.45) is 0 Å². The Bertz CT molecular complexity index is 1140. The van der Waals surface area contributed by atoms with Crippen LogP contribution in [0.4, 0.5) is 5.82 Å². The van der Waals surface area contributed by atoms with Crippen LogP contribution in [-0.4, -0.2) is 28.9 Å². The molecule has 0 radical (unpaired) electrons. The first kappa shape index (κ1) is 19.4. The summed E-state index contributed by atoms with van der Waals surface area (Å²) < 4.78 is 5.23.